The second-order valence-electron chi connectivity index (χ2n) is 8.88. The van der Waals surface area contributed by atoms with Crippen molar-refractivity contribution in [3.8, 4) is 17.3 Å². The Morgan fingerprint density at radius 1 is 1.03 bits per heavy atom. The molecule has 6 rings (SSSR count). The Bertz CT molecular complexity index is 1240. The number of aromatic nitrogens is 3. The first kappa shape index (κ1) is 24.1. The Kier molecular flexibility index (Phi) is 6.31. The highest BCUT2D eigenvalue weighted by Gasteiger charge is 2.50. The predicted octanol–water partition coefficient (Wildman–Crippen LogP) is 5.11. The summed E-state index contributed by atoms with van der Waals surface area (Å²) < 4.78 is 72.1. The predicted molar refractivity (Wildman–Crippen MR) is 118 cm³/mol. The van der Waals surface area contributed by atoms with Gasteiger partial charge in [-0.15, -0.1) is 0 Å². The van der Waals surface area contributed by atoms with Gasteiger partial charge >= 0.3 is 6.18 Å². The lowest BCUT2D eigenvalue weighted by molar-refractivity contribution is -0.137. The van der Waals surface area contributed by atoms with Gasteiger partial charge in [-0.25, -0.2) is 23.7 Å². The van der Waals surface area contributed by atoms with Crippen LogP contribution in [0.4, 0.5) is 22.0 Å². The Hall–Kier alpha value is -3.63. The molecule has 4 heterocycles. The van der Waals surface area contributed by atoms with Crippen LogP contribution in [-0.4, -0.2) is 50.6 Å². The Morgan fingerprint density at radius 3 is 2.44 bits per heavy atom. The fourth-order valence-electron chi connectivity index (χ4n) is 5.14. The average Bonchev–Trinajstić information content (AvgIpc) is 2.88. The lowest BCUT2D eigenvalue weighted by Crippen LogP contribution is -2.64. The Morgan fingerprint density at radius 2 is 1.78 bits per heavy atom. The van der Waals surface area contributed by atoms with Crippen LogP contribution in [0.3, 0.4) is 0 Å². The first-order valence-electron chi connectivity index (χ1n) is 11.4. The molecule has 188 valence electrons. The van der Waals surface area contributed by atoms with Gasteiger partial charge in [-0.05, 0) is 37.3 Å². The largest absolute Gasteiger partial charge is 0.472 e. The number of rotatable bonds is 5. The molecule has 1 amide bonds. The first-order chi connectivity index (χ1) is 17.3. The van der Waals surface area contributed by atoms with Crippen molar-refractivity contribution in [2.45, 2.75) is 43.6 Å². The van der Waals surface area contributed by atoms with Crippen molar-refractivity contribution in [2.75, 3.05) is 6.67 Å². The number of amides is 1. The standard InChI is InChI=1S/C25H21F5N4O2/c26-10-20-14-5-7-19(21(9-14)36-22-8-6-15(11-31-22)25(28,29)30)34(20)24(35)18-4-2-1-3-17(18)23-32-12-16(27)13-33-23/h1-4,6,8,11-14,19-21H,5,7,9-10H2/t14-,19+,20-,21+/m1/s1. The van der Waals surface area contributed by atoms with Crippen LogP contribution in [0.1, 0.15) is 35.2 Å². The highest BCUT2D eigenvalue weighted by molar-refractivity contribution is 6.00. The zero-order chi connectivity index (χ0) is 25.4. The maximum absolute atomic E-state index is 14.2. The summed E-state index contributed by atoms with van der Waals surface area (Å²) in [6, 6.07) is 7.42. The van der Waals surface area contributed by atoms with E-state index < -0.39 is 48.3 Å². The van der Waals surface area contributed by atoms with Gasteiger partial charge in [0.2, 0.25) is 5.88 Å². The van der Waals surface area contributed by atoms with E-state index in [-0.39, 0.29) is 23.2 Å². The Labute approximate surface area is 203 Å². The van der Waals surface area contributed by atoms with Crippen molar-refractivity contribution in [3.05, 3.63) is 71.9 Å². The molecule has 2 aromatic heterocycles. The number of piperidine rings is 2. The minimum Gasteiger partial charge on any atom is -0.472 e. The molecule has 1 saturated carbocycles. The van der Waals surface area contributed by atoms with Gasteiger partial charge in [0.15, 0.2) is 11.6 Å². The molecule has 0 radical (unpaired) electrons. The van der Waals surface area contributed by atoms with Gasteiger partial charge in [0, 0.05) is 17.8 Å². The van der Waals surface area contributed by atoms with E-state index >= 15 is 0 Å². The molecule has 4 atom stereocenters. The molecule has 3 aliphatic rings. The molecule has 1 aromatic carbocycles. The van der Waals surface area contributed by atoms with Crippen molar-refractivity contribution >= 4 is 5.91 Å². The molecule has 2 bridgehead atoms. The normalized spacial score (nSPS) is 23.5. The molecule has 2 saturated heterocycles. The number of alkyl halides is 4. The van der Waals surface area contributed by atoms with E-state index in [2.05, 4.69) is 15.0 Å². The maximum atomic E-state index is 14.2. The zero-order valence-electron chi connectivity index (χ0n) is 18.8. The van der Waals surface area contributed by atoms with Crippen molar-refractivity contribution in [3.63, 3.8) is 0 Å². The van der Waals surface area contributed by atoms with Crippen LogP contribution in [0.15, 0.2) is 55.0 Å². The number of nitrogens with zero attached hydrogens (tertiary/aromatic N) is 4. The molecular weight excluding hydrogens is 483 g/mol. The topological polar surface area (TPSA) is 68.2 Å². The smallest absolute Gasteiger partial charge is 0.417 e. The number of fused-ring (bicyclic) bond motifs is 3. The number of pyridine rings is 1. The van der Waals surface area contributed by atoms with Crippen LogP contribution in [0.5, 0.6) is 5.88 Å². The molecule has 0 N–H and O–H groups in total. The van der Waals surface area contributed by atoms with Gasteiger partial charge in [-0.2, -0.15) is 13.2 Å². The van der Waals surface area contributed by atoms with E-state index in [1.54, 1.807) is 24.3 Å². The summed E-state index contributed by atoms with van der Waals surface area (Å²) in [7, 11) is 0. The van der Waals surface area contributed by atoms with Gasteiger partial charge in [0.05, 0.1) is 35.6 Å². The second kappa shape index (κ2) is 9.44. The molecule has 1 aliphatic carbocycles. The number of ether oxygens (including phenoxy) is 1. The zero-order valence-corrected chi connectivity index (χ0v) is 18.8. The molecular formula is C25H21F5N4O2. The van der Waals surface area contributed by atoms with Crippen molar-refractivity contribution in [2.24, 2.45) is 5.92 Å². The van der Waals surface area contributed by atoms with E-state index in [1.807, 2.05) is 0 Å². The van der Waals surface area contributed by atoms with Crippen LogP contribution in [0.2, 0.25) is 0 Å². The van der Waals surface area contributed by atoms with Gasteiger partial charge < -0.3 is 9.64 Å². The lowest BCUT2D eigenvalue weighted by atomic mass is 9.72. The van der Waals surface area contributed by atoms with Crippen LogP contribution in [-0.2, 0) is 6.18 Å². The number of hydrogen-bond acceptors (Lipinski definition) is 5. The molecule has 2 aliphatic heterocycles. The summed E-state index contributed by atoms with van der Waals surface area (Å²) in [4.78, 5) is 27.0. The van der Waals surface area contributed by atoms with Crippen molar-refractivity contribution in [1.29, 1.82) is 0 Å². The molecule has 0 spiro atoms. The monoisotopic (exact) mass is 504 g/mol. The minimum absolute atomic E-state index is 0.00450. The van der Waals surface area contributed by atoms with E-state index in [4.69, 9.17) is 4.74 Å². The third kappa shape index (κ3) is 4.49. The number of carbonyl (C=O) groups excluding carboxylic acids is 1. The highest BCUT2D eigenvalue weighted by Crippen LogP contribution is 2.43. The summed E-state index contributed by atoms with van der Waals surface area (Å²) in [5.74, 6) is -1.08. The third-order valence-corrected chi connectivity index (χ3v) is 6.80. The molecule has 3 aromatic rings. The average molecular weight is 504 g/mol. The lowest BCUT2D eigenvalue weighted by Gasteiger charge is -2.53. The maximum Gasteiger partial charge on any atom is 0.417 e. The summed E-state index contributed by atoms with van der Waals surface area (Å²) in [6.07, 6.45) is -0.685. The van der Waals surface area contributed by atoms with Crippen molar-refractivity contribution < 1.29 is 31.5 Å². The first-order valence-corrected chi connectivity index (χ1v) is 11.4. The van der Waals surface area contributed by atoms with Crippen LogP contribution < -0.4 is 4.74 Å². The van der Waals surface area contributed by atoms with E-state index in [0.29, 0.717) is 31.0 Å². The molecule has 36 heavy (non-hydrogen) atoms. The van der Waals surface area contributed by atoms with Crippen LogP contribution in [0, 0.1) is 11.7 Å². The SMILES string of the molecule is O=C(c1ccccc1-c1ncc(F)cn1)N1[C@H](CF)[C@@H]2CC[C@H]1[C@@H](Oc1ccc(C(F)(F)F)cn1)C2. The summed E-state index contributed by atoms with van der Waals surface area (Å²) >= 11 is 0. The number of hydrogen-bond donors (Lipinski definition) is 0. The number of benzene rings is 1. The fourth-order valence-corrected chi connectivity index (χ4v) is 5.14. The van der Waals surface area contributed by atoms with Gasteiger partial charge in [0.1, 0.15) is 12.8 Å². The Balaban J connectivity index is 1.44. The molecule has 11 heteroatoms. The molecule has 3 fully saturated rings. The van der Waals surface area contributed by atoms with E-state index in [1.165, 1.54) is 4.90 Å². The summed E-state index contributed by atoms with van der Waals surface area (Å²) in [5, 5.41) is 0. The minimum atomic E-state index is -4.52. The number of halogens is 5. The summed E-state index contributed by atoms with van der Waals surface area (Å²) in [5.41, 5.74) is -0.279. The van der Waals surface area contributed by atoms with Gasteiger partial charge in [-0.1, -0.05) is 18.2 Å². The van der Waals surface area contributed by atoms with Crippen LogP contribution in [0.25, 0.3) is 11.4 Å². The molecule has 0 unspecified atom stereocenters. The quantitative estimate of drug-likeness (QED) is 0.452. The van der Waals surface area contributed by atoms with E-state index in [9.17, 15) is 26.7 Å². The number of carbonyl (C=O) groups is 1. The third-order valence-electron chi connectivity index (χ3n) is 6.80. The highest BCUT2D eigenvalue weighted by atomic mass is 19.4. The van der Waals surface area contributed by atoms with E-state index in [0.717, 1.165) is 24.5 Å². The van der Waals surface area contributed by atoms with Crippen LogP contribution >= 0.6 is 0 Å². The second-order valence-corrected chi connectivity index (χ2v) is 8.88. The fraction of sp³-hybridized carbons (Fsp3) is 0.360. The van der Waals surface area contributed by atoms with Crippen molar-refractivity contribution in [1.82, 2.24) is 19.9 Å². The summed E-state index contributed by atoms with van der Waals surface area (Å²) in [6.45, 7) is -0.743. The van der Waals surface area contributed by atoms with Gasteiger partial charge in [0.25, 0.3) is 5.91 Å². The molecule has 6 nitrogen and oxygen atoms in total. The van der Waals surface area contributed by atoms with Gasteiger partial charge in [-0.3, -0.25) is 4.79 Å².